The van der Waals surface area contributed by atoms with Crippen molar-refractivity contribution >= 4 is 11.3 Å². The lowest BCUT2D eigenvalue weighted by molar-refractivity contribution is -0.0666. The van der Waals surface area contributed by atoms with Gasteiger partial charge in [-0.2, -0.15) is 0 Å². The first-order chi connectivity index (χ1) is 10.0. The van der Waals surface area contributed by atoms with E-state index < -0.39 is 0 Å². The Morgan fingerprint density at radius 1 is 1.05 bits per heavy atom. The van der Waals surface area contributed by atoms with Gasteiger partial charge in [0.05, 0.1) is 5.69 Å². The largest absolute Gasteiger partial charge is 0.371 e. The molecule has 1 saturated carbocycles. The highest BCUT2D eigenvalue weighted by Gasteiger charge is 2.41. The summed E-state index contributed by atoms with van der Waals surface area (Å²) in [6, 6.07) is 10.4. The lowest BCUT2D eigenvalue weighted by atomic mass is 9.71. The van der Waals surface area contributed by atoms with Gasteiger partial charge in [0.25, 0.3) is 0 Å². The number of thiazole rings is 1. The lowest BCUT2D eigenvalue weighted by Gasteiger charge is -2.41. The van der Waals surface area contributed by atoms with Crippen molar-refractivity contribution in [3.63, 3.8) is 0 Å². The number of rotatable bonds is 3. The molecular formula is C18H23NOS. The molecule has 2 nitrogen and oxygen atoms in total. The van der Waals surface area contributed by atoms with Crippen LogP contribution in [-0.2, 0) is 10.3 Å². The Kier molecular flexibility index (Phi) is 3.89. The van der Waals surface area contributed by atoms with Crippen LogP contribution in [0.3, 0.4) is 0 Å². The number of aromatic nitrogens is 1. The predicted octanol–water partition coefficient (Wildman–Crippen LogP) is 5.25. The minimum absolute atomic E-state index is 0.173. The van der Waals surface area contributed by atoms with Crippen molar-refractivity contribution in [2.24, 2.45) is 5.41 Å². The molecule has 112 valence electrons. The van der Waals surface area contributed by atoms with Crippen LogP contribution in [0, 0.1) is 5.41 Å². The number of ether oxygens (including phenoxy) is 1. The van der Waals surface area contributed by atoms with Crippen molar-refractivity contribution < 1.29 is 4.74 Å². The second kappa shape index (κ2) is 5.54. The Labute approximate surface area is 131 Å². The van der Waals surface area contributed by atoms with Gasteiger partial charge in [0.1, 0.15) is 10.6 Å². The lowest BCUT2D eigenvalue weighted by Crippen LogP contribution is -2.36. The van der Waals surface area contributed by atoms with Gasteiger partial charge >= 0.3 is 0 Å². The summed E-state index contributed by atoms with van der Waals surface area (Å²) in [5, 5.41) is 3.30. The summed E-state index contributed by atoms with van der Waals surface area (Å²) in [5.74, 6) is 0. The molecule has 0 amide bonds. The highest BCUT2D eigenvalue weighted by atomic mass is 32.1. The molecule has 1 fully saturated rings. The molecule has 0 aliphatic heterocycles. The van der Waals surface area contributed by atoms with Crippen LogP contribution in [0.15, 0.2) is 35.7 Å². The van der Waals surface area contributed by atoms with Crippen LogP contribution in [0.25, 0.3) is 11.3 Å². The third kappa shape index (κ3) is 2.90. The second-order valence-electron chi connectivity index (χ2n) is 6.77. The maximum atomic E-state index is 5.96. The van der Waals surface area contributed by atoms with Crippen LogP contribution in [0.5, 0.6) is 0 Å². The van der Waals surface area contributed by atoms with Crippen LogP contribution >= 0.6 is 11.3 Å². The third-order valence-electron chi connectivity index (χ3n) is 4.77. The van der Waals surface area contributed by atoms with E-state index in [1.165, 1.54) is 18.4 Å². The molecule has 3 rings (SSSR count). The molecule has 1 aliphatic rings. The SMILES string of the molecule is COC1(c2nc(-c3ccccc3)cs2)CCC(C)(C)CC1. The van der Waals surface area contributed by atoms with Crippen LogP contribution in [0.1, 0.15) is 44.5 Å². The molecule has 0 unspecified atom stereocenters. The first-order valence-corrected chi connectivity index (χ1v) is 8.49. The van der Waals surface area contributed by atoms with Crippen molar-refractivity contribution in [1.29, 1.82) is 0 Å². The van der Waals surface area contributed by atoms with E-state index in [-0.39, 0.29) is 5.60 Å². The fourth-order valence-corrected chi connectivity index (χ4v) is 4.13. The van der Waals surface area contributed by atoms with Crippen molar-refractivity contribution in [2.75, 3.05) is 7.11 Å². The Morgan fingerprint density at radius 3 is 2.33 bits per heavy atom. The van der Waals surface area contributed by atoms with Gasteiger partial charge in [0.15, 0.2) is 0 Å². The molecule has 2 aromatic rings. The minimum atomic E-state index is -0.173. The van der Waals surface area contributed by atoms with E-state index in [1.807, 2.05) is 13.2 Å². The van der Waals surface area contributed by atoms with Crippen molar-refractivity contribution in [1.82, 2.24) is 4.98 Å². The average Bonchev–Trinajstić information content (AvgIpc) is 2.99. The molecule has 3 heteroatoms. The molecule has 0 radical (unpaired) electrons. The summed E-state index contributed by atoms with van der Waals surface area (Å²) in [4.78, 5) is 4.89. The zero-order valence-corrected chi connectivity index (χ0v) is 13.9. The number of benzene rings is 1. The number of methoxy groups -OCH3 is 1. The monoisotopic (exact) mass is 301 g/mol. The van der Waals surface area contributed by atoms with Crippen LogP contribution < -0.4 is 0 Å². The molecule has 0 saturated heterocycles. The molecule has 1 aromatic carbocycles. The summed E-state index contributed by atoms with van der Waals surface area (Å²) in [7, 11) is 1.84. The minimum Gasteiger partial charge on any atom is -0.371 e. The summed E-state index contributed by atoms with van der Waals surface area (Å²) in [6.07, 6.45) is 4.53. The molecule has 1 aliphatic carbocycles. The van der Waals surface area contributed by atoms with E-state index in [0.717, 1.165) is 23.5 Å². The smallest absolute Gasteiger partial charge is 0.125 e. The van der Waals surface area contributed by atoms with Crippen LogP contribution in [0.2, 0.25) is 0 Å². The van der Waals surface area contributed by atoms with Crippen molar-refractivity contribution in [3.8, 4) is 11.3 Å². The average molecular weight is 301 g/mol. The van der Waals surface area contributed by atoms with E-state index >= 15 is 0 Å². The van der Waals surface area contributed by atoms with Gasteiger partial charge in [-0.15, -0.1) is 11.3 Å². The highest BCUT2D eigenvalue weighted by molar-refractivity contribution is 7.10. The summed E-state index contributed by atoms with van der Waals surface area (Å²) in [5.41, 5.74) is 2.51. The first-order valence-electron chi connectivity index (χ1n) is 7.61. The Bertz CT molecular complexity index is 593. The fraction of sp³-hybridized carbons (Fsp3) is 0.500. The van der Waals surface area contributed by atoms with Crippen LogP contribution in [-0.4, -0.2) is 12.1 Å². The van der Waals surface area contributed by atoms with Gasteiger partial charge < -0.3 is 4.74 Å². The van der Waals surface area contributed by atoms with Gasteiger partial charge in [-0.05, 0) is 31.1 Å². The topological polar surface area (TPSA) is 22.1 Å². The van der Waals surface area contributed by atoms with Gasteiger partial charge in [0, 0.05) is 18.1 Å². The normalized spacial score (nSPS) is 20.3. The van der Waals surface area contributed by atoms with Gasteiger partial charge in [-0.3, -0.25) is 0 Å². The van der Waals surface area contributed by atoms with E-state index in [4.69, 9.17) is 9.72 Å². The molecule has 21 heavy (non-hydrogen) atoms. The summed E-state index contributed by atoms with van der Waals surface area (Å²) < 4.78 is 5.96. The highest BCUT2D eigenvalue weighted by Crippen LogP contribution is 2.48. The molecule has 1 heterocycles. The zero-order valence-electron chi connectivity index (χ0n) is 13.1. The van der Waals surface area contributed by atoms with Crippen molar-refractivity contribution in [2.45, 2.75) is 45.1 Å². The fourth-order valence-electron chi connectivity index (χ4n) is 3.06. The van der Waals surface area contributed by atoms with E-state index in [1.54, 1.807) is 11.3 Å². The first kappa shape index (κ1) is 14.7. The molecule has 0 spiro atoms. The number of hydrogen-bond acceptors (Lipinski definition) is 3. The number of hydrogen-bond donors (Lipinski definition) is 0. The maximum absolute atomic E-state index is 5.96. The van der Waals surface area contributed by atoms with Gasteiger partial charge in [-0.1, -0.05) is 44.2 Å². The predicted molar refractivity (Wildman–Crippen MR) is 88.5 cm³/mol. The summed E-state index contributed by atoms with van der Waals surface area (Å²) >= 11 is 1.74. The van der Waals surface area contributed by atoms with E-state index in [9.17, 15) is 0 Å². The Morgan fingerprint density at radius 2 is 1.71 bits per heavy atom. The molecular weight excluding hydrogens is 278 g/mol. The quantitative estimate of drug-likeness (QED) is 0.772. The molecule has 0 N–H and O–H groups in total. The molecule has 1 aromatic heterocycles. The van der Waals surface area contributed by atoms with E-state index in [0.29, 0.717) is 5.41 Å². The second-order valence-corrected chi connectivity index (χ2v) is 7.62. The summed E-state index contributed by atoms with van der Waals surface area (Å²) in [6.45, 7) is 4.70. The Hall–Kier alpha value is -1.19. The standard InChI is InChI=1S/C18H23NOS/c1-17(2)9-11-18(20-3,12-10-17)16-19-15(13-21-16)14-7-5-4-6-8-14/h4-8,13H,9-12H2,1-3H3. The van der Waals surface area contributed by atoms with Gasteiger partial charge in [-0.25, -0.2) is 4.98 Å². The van der Waals surface area contributed by atoms with Crippen molar-refractivity contribution in [3.05, 3.63) is 40.7 Å². The van der Waals surface area contributed by atoms with Gasteiger partial charge in [0.2, 0.25) is 0 Å². The van der Waals surface area contributed by atoms with E-state index in [2.05, 4.69) is 43.5 Å². The molecule has 0 bridgehead atoms. The zero-order chi connectivity index (χ0) is 14.9. The Balaban J connectivity index is 1.88. The third-order valence-corrected chi connectivity index (χ3v) is 5.79. The number of nitrogens with zero attached hydrogens (tertiary/aromatic N) is 1. The molecule has 0 atom stereocenters. The maximum Gasteiger partial charge on any atom is 0.125 e. The van der Waals surface area contributed by atoms with Crippen LogP contribution in [0.4, 0.5) is 0 Å².